The fraction of sp³-hybridized carbons (Fsp3) is 0.240. The molecule has 4 heteroatoms. The van der Waals surface area contributed by atoms with Gasteiger partial charge in [-0.2, -0.15) is 0 Å². The molecule has 0 aliphatic heterocycles. The summed E-state index contributed by atoms with van der Waals surface area (Å²) >= 11 is 0. The fourth-order valence-electron chi connectivity index (χ4n) is 3.27. The molecule has 29 heavy (non-hydrogen) atoms. The van der Waals surface area contributed by atoms with Crippen LogP contribution in [0.2, 0.25) is 0 Å². The molecule has 0 saturated carbocycles. The molecular formula is C25H27NO3. The van der Waals surface area contributed by atoms with Crippen molar-refractivity contribution in [1.29, 1.82) is 0 Å². The Kier molecular flexibility index (Phi) is 6.68. The number of benzene rings is 3. The number of hydrogen-bond acceptors (Lipinski definition) is 3. The molecule has 3 aromatic carbocycles. The highest BCUT2D eigenvalue weighted by Crippen LogP contribution is 2.27. The number of hydrogen-bond donors (Lipinski definition) is 2. The summed E-state index contributed by atoms with van der Waals surface area (Å²) in [5.41, 5.74) is 11.3. The van der Waals surface area contributed by atoms with Crippen LogP contribution in [0.15, 0.2) is 72.8 Å². The van der Waals surface area contributed by atoms with Crippen LogP contribution in [0.4, 0.5) is 0 Å². The van der Waals surface area contributed by atoms with E-state index >= 15 is 0 Å². The second-order valence-electron chi connectivity index (χ2n) is 7.56. The molecule has 0 radical (unpaired) electrons. The van der Waals surface area contributed by atoms with Gasteiger partial charge in [-0.25, -0.2) is 0 Å². The number of para-hydroxylation sites is 1. The summed E-state index contributed by atoms with van der Waals surface area (Å²) in [4.78, 5) is 11.0. The van der Waals surface area contributed by atoms with E-state index in [-0.39, 0.29) is 12.5 Å². The van der Waals surface area contributed by atoms with Crippen molar-refractivity contribution in [2.45, 2.75) is 32.9 Å². The minimum absolute atomic E-state index is 0.00667. The third-order valence-corrected chi connectivity index (χ3v) is 4.96. The minimum atomic E-state index is -0.873. The Hall–Kier alpha value is -3.11. The first-order valence-corrected chi connectivity index (χ1v) is 9.81. The zero-order chi connectivity index (χ0) is 20.8. The Balaban J connectivity index is 1.78. The van der Waals surface area contributed by atoms with E-state index in [0.717, 1.165) is 22.3 Å². The lowest BCUT2D eigenvalue weighted by Crippen LogP contribution is -2.16. The van der Waals surface area contributed by atoms with Crippen molar-refractivity contribution >= 4 is 5.97 Å². The number of rotatable bonds is 8. The van der Waals surface area contributed by atoms with Crippen LogP contribution in [0, 0.1) is 5.92 Å². The highest BCUT2D eigenvalue weighted by Gasteiger charge is 2.12. The van der Waals surface area contributed by atoms with Gasteiger partial charge in [0.25, 0.3) is 0 Å². The quantitative estimate of drug-likeness (QED) is 0.554. The molecule has 3 rings (SSSR count). The van der Waals surface area contributed by atoms with E-state index in [1.54, 1.807) is 12.1 Å². The number of ether oxygens (including phenoxy) is 1. The molecule has 0 saturated heterocycles. The van der Waals surface area contributed by atoms with Gasteiger partial charge in [-0.15, -0.1) is 0 Å². The van der Waals surface area contributed by atoms with E-state index in [0.29, 0.717) is 23.8 Å². The van der Waals surface area contributed by atoms with Gasteiger partial charge >= 0.3 is 5.97 Å². The number of carboxylic acids is 1. The third-order valence-electron chi connectivity index (χ3n) is 4.96. The predicted molar refractivity (Wildman–Crippen MR) is 116 cm³/mol. The van der Waals surface area contributed by atoms with Crippen molar-refractivity contribution in [3.05, 3.63) is 89.5 Å². The molecule has 0 spiro atoms. The lowest BCUT2D eigenvalue weighted by Gasteiger charge is -2.17. The smallest absolute Gasteiger partial charge is 0.307 e. The first-order valence-electron chi connectivity index (χ1n) is 9.81. The summed E-state index contributed by atoms with van der Waals surface area (Å²) < 4.78 is 5.93. The molecule has 0 bridgehead atoms. The maximum Gasteiger partial charge on any atom is 0.307 e. The summed E-state index contributed by atoms with van der Waals surface area (Å²) in [6.45, 7) is 4.62. The van der Waals surface area contributed by atoms with Crippen LogP contribution in [-0.2, 0) is 17.8 Å². The summed E-state index contributed by atoms with van der Waals surface area (Å²) in [6.07, 6.45) is -0.0564. The standard InChI is InChI=1S/C25H27NO3/c1-17(2)25(26)22-11-6-10-20(14-22)19-9-5-7-18(13-19)16-29-23-12-4-3-8-21(23)15-24(27)28/h3-14,17,25H,15-16,26H2,1-2H3,(H,27,28). The molecule has 0 aliphatic rings. The van der Waals surface area contributed by atoms with Crippen LogP contribution in [0.1, 0.15) is 36.6 Å². The van der Waals surface area contributed by atoms with E-state index in [1.807, 2.05) is 30.3 Å². The lowest BCUT2D eigenvalue weighted by atomic mass is 9.93. The maximum atomic E-state index is 11.0. The molecule has 150 valence electrons. The molecule has 0 heterocycles. The molecule has 3 aromatic rings. The molecular weight excluding hydrogens is 362 g/mol. The number of carboxylic acid groups (broad SMARTS) is 1. The van der Waals surface area contributed by atoms with Crippen molar-refractivity contribution < 1.29 is 14.6 Å². The zero-order valence-electron chi connectivity index (χ0n) is 16.8. The number of nitrogens with two attached hydrogens (primary N) is 1. The van der Waals surface area contributed by atoms with Crippen molar-refractivity contribution in [2.24, 2.45) is 11.7 Å². The minimum Gasteiger partial charge on any atom is -0.489 e. The van der Waals surface area contributed by atoms with Gasteiger partial charge in [-0.3, -0.25) is 4.79 Å². The monoisotopic (exact) mass is 389 g/mol. The Labute approximate surface area is 172 Å². The van der Waals surface area contributed by atoms with Crippen molar-refractivity contribution in [3.8, 4) is 16.9 Å². The summed E-state index contributed by atoms with van der Waals surface area (Å²) in [7, 11) is 0. The van der Waals surface area contributed by atoms with Gasteiger partial charge in [0.15, 0.2) is 0 Å². The molecule has 4 nitrogen and oxygen atoms in total. The van der Waals surface area contributed by atoms with E-state index in [1.165, 1.54) is 0 Å². The first-order chi connectivity index (χ1) is 13.9. The predicted octanol–water partition coefficient (Wildman–Crippen LogP) is 5.22. The highest BCUT2D eigenvalue weighted by molar-refractivity contribution is 5.71. The van der Waals surface area contributed by atoms with Gasteiger partial charge in [0.2, 0.25) is 0 Å². The van der Waals surface area contributed by atoms with Crippen LogP contribution >= 0.6 is 0 Å². The van der Waals surface area contributed by atoms with Gasteiger partial charge in [-0.05, 0) is 46.4 Å². The highest BCUT2D eigenvalue weighted by atomic mass is 16.5. The first kappa shape index (κ1) is 20.6. The SMILES string of the molecule is CC(C)C(N)c1cccc(-c2cccc(COc3ccccc3CC(=O)O)c2)c1. The van der Waals surface area contributed by atoms with E-state index in [4.69, 9.17) is 15.6 Å². The molecule has 0 aliphatic carbocycles. The number of aliphatic carboxylic acids is 1. The molecule has 1 atom stereocenters. The second kappa shape index (κ2) is 9.39. The largest absolute Gasteiger partial charge is 0.489 e. The molecule has 0 aromatic heterocycles. The number of carbonyl (C=O) groups is 1. The van der Waals surface area contributed by atoms with Crippen LogP contribution < -0.4 is 10.5 Å². The molecule has 1 unspecified atom stereocenters. The van der Waals surface area contributed by atoms with Crippen LogP contribution in [0.5, 0.6) is 5.75 Å². The van der Waals surface area contributed by atoms with Gasteiger partial charge in [0.1, 0.15) is 12.4 Å². The van der Waals surface area contributed by atoms with Crippen molar-refractivity contribution in [3.63, 3.8) is 0 Å². The maximum absolute atomic E-state index is 11.0. The molecule has 0 amide bonds. The Morgan fingerprint density at radius 3 is 2.38 bits per heavy atom. The van der Waals surface area contributed by atoms with E-state index < -0.39 is 5.97 Å². The van der Waals surface area contributed by atoms with Gasteiger partial charge in [0, 0.05) is 11.6 Å². The van der Waals surface area contributed by atoms with Crippen LogP contribution in [0.25, 0.3) is 11.1 Å². The average Bonchev–Trinajstić information content (AvgIpc) is 2.72. The summed E-state index contributed by atoms with van der Waals surface area (Å²) in [6, 6.07) is 23.8. The van der Waals surface area contributed by atoms with Crippen LogP contribution in [-0.4, -0.2) is 11.1 Å². The van der Waals surface area contributed by atoms with Gasteiger partial charge in [0.05, 0.1) is 6.42 Å². The molecule has 3 N–H and O–H groups in total. The van der Waals surface area contributed by atoms with E-state index in [2.05, 4.69) is 44.2 Å². The topological polar surface area (TPSA) is 72.5 Å². The Bertz CT molecular complexity index is 981. The summed E-state index contributed by atoms with van der Waals surface area (Å²) in [5, 5.41) is 9.07. The zero-order valence-corrected chi connectivity index (χ0v) is 16.8. The second-order valence-corrected chi connectivity index (χ2v) is 7.56. The third kappa shape index (κ3) is 5.46. The lowest BCUT2D eigenvalue weighted by molar-refractivity contribution is -0.136. The molecule has 0 fully saturated rings. The normalized spacial score (nSPS) is 12.0. The van der Waals surface area contributed by atoms with Gasteiger partial charge < -0.3 is 15.6 Å². The van der Waals surface area contributed by atoms with E-state index in [9.17, 15) is 4.79 Å². The fourth-order valence-corrected chi connectivity index (χ4v) is 3.27. The van der Waals surface area contributed by atoms with Crippen molar-refractivity contribution in [1.82, 2.24) is 0 Å². The van der Waals surface area contributed by atoms with Crippen LogP contribution in [0.3, 0.4) is 0 Å². The Morgan fingerprint density at radius 2 is 1.66 bits per heavy atom. The van der Waals surface area contributed by atoms with Gasteiger partial charge in [-0.1, -0.05) is 68.4 Å². The Morgan fingerprint density at radius 1 is 0.966 bits per heavy atom. The van der Waals surface area contributed by atoms with Crippen molar-refractivity contribution in [2.75, 3.05) is 0 Å². The summed E-state index contributed by atoms with van der Waals surface area (Å²) in [5.74, 6) is 0.101. The average molecular weight is 389 g/mol.